The Morgan fingerprint density at radius 2 is 2.18 bits per heavy atom. The van der Waals surface area contributed by atoms with Crippen molar-refractivity contribution < 1.29 is 0 Å². The Morgan fingerprint density at radius 1 is 1.36 bits per heavy atom. The summed E-state index contributed by atoms with van der Waals surface area (Å²) in [6, 6.07) is 5.93. The largest absolute Gasteiger partial charge is 0.320 e. The lowest BCUT2D eigenvalue weighted by Crippen LogP contribution is -2.43. The molecule has 0 aromatic carbocycles. The van der Waals surface area contributed by atoms with E-state index >= 15 is 0 Å². The molecule has 0 unspecified atom stereocenters. The highest BCUT2D eigenvalue weighted by molar-refractivity contribution is 5.17. The summed E-state index contributed by atoms with van der Waals surface area (Å²) in [6.45, 7) is 0. The van der Waals surface area contributed by atoms with E-state index in [9.17, 15) is 0 Å². The van der Waals surface area contributed by atoms with E-state index in [4.69, 9.17) is 5.73 Å². The minimum Gasteiger partial charge on any atom is -0.320 e. The van der Waals surface area contributed by atoms with Gasteiger partial charge in [0.1, 0.15) is 0 Å². The van der Waals surface area contributed by atoms with Gasteiger partial charge in [0.05, 0.1) is 11.2 Å². The van der Waals surface area contributed by atoms with Crippen LogP contribution in [0.1, 0.15) is 25.0 Å². The van der Waals surface area contributed by atoms with Gasteiger partial charge in [-0.15, -0.1) is 0 Å². The van der Waals surface area contributed by atoms with Crippen molar-refractivity contribution in [3.63, 3.8) is 0 Å². The minimum atomic E-state index is -0.0960. The van der Waals surface area contributed by atoms with Crippen molar-refractivity contribution in [1.29, 1.82) is 0 Å². The van der Waals surface area contributed by atoms with Gasteiger partial charge in [-0.1, -0.05) is 6.07 Å². The zero-order valence-corrected chi connectivity index (χ0v) is 6.46. The standard InChI is InChI=1S/C9H12N2/c10-9(5-3-6-9)8-4-1-2-7-11-8/h1-2,4,7H,3,5-6,10H2. The normalized spacial score (nSPS) is 20.8. The molecule has 58 valence electrons. The van der Waals surface area contributed by atoms with E-state index in [0.717, 1.165) is 18.5 Å². The molecule has 0 saturated heterocycles. The fourth-order valence-electron chi connectivity index (χ4n) is 1.47. The quantitative estimate of drug-likeness (QED) is 0.654. The van der Waals surface area contributed by atoms with Gasteiger partial charge < -0.3 is 5.73 Å². The van der Waals surface area contributed by atoms with Crippen LogP contribution in [-0.4, -0.2) is 4.98 Å². The Bertz CT molecular complexity index is 239. The Hall–Kier alpha value is -0.890. The van der Waals surface area contributed by atoms with Crippen LogP contribution in [-0.2, 0) is 5.54 Å². The third-order valence-electron chi connectivity index (χ3n) is 2.42. The van der Waals surface area contributed by atoms with Gasteiger partial charge in [-0.25, -0.2) is 0 Å². The van der Waals surface area contributed by atoms with Gasteiger partial charge >= 0.3 is 0 Å². The molecule has 1 aliphatic rings. The van der Waals surface area contributed by atoms with Crippen LogP contribution in [0, 0.1) is 0 Å². The lowest BCUT2D eigenvalue weighted by molar-refractivity contribution is 0.246. The predicted octanol–water partition coefficient (Wildman–Crippen LogP) is 1.42. The van der Waals surface area contributed by atoms with E-state index in [-0.39, 0.29) is 5.54 Å². The zero-order valence-electron chi connectivity index (χ0n) is 6.46. The van der Waals surface area contributed by atoms with Gasteiger partial charge in [-0.05, 0) is 31.4 Å². The van der Waals surface area contributed by atoms with Gasteiger partial charge in [-0.2, -0.15) is 0 Å². The van der Waals surface area contributed by atoms with E-state index < -0.39 is 0 Å². The summed E-state index contributed by atoms with van der Waals surface area (Å²) in [5, 5.41) is 0. The summed E-state index contributed by atoms with van der Waals surface area (Å²) < 4.78 is 0. The molecule has 11 heavy (non-hydrogen) atoms. The highest BCUT2D eigenvalue weighted by Gasteiger charge is 2.35. The highest BCUT2D eigenvalue weighted by Crippen LogP contribution is 2.37. The molecule has 2 N–H and O–H groups in total. The molecule has 0 radical (unpaired) electrons. The van der Waals surface area contributed by atoms with Gasteiger partial charge in [0, 0.05) is 6.20 Å². The maximum Gasteiger partial charge on any atom is 0.0602 e. The number of hydrogen-bond donors (Lipinski definition) is 1. The van der Waals surface area contributed by atoms with Crippen molar-refractivity contribution in [1.82, 2.24) is 4.98 Å². The Labute approximate surface area is 66.4 Å². The summed E-state index contributed by atoms with van der Waals surface area (Å²) in [7, 11) is 0. The van der Waals surface area contributed by atoms with Crippen LogP contribution in [0.5, 0.6) is 0 Å². The third-order valence-corrected chi connectivity index (χ3v) is 2.42. The number of nitrogens with two attached hydrogens (primary N) is 1. The number of hydrogen-bond acceptors (Lipinski definition) is 2. The van der Waals surface area contributed by atoms with E-state index in [0.29, 0.717) is 0 Å². The molecule has 0 spiro atoms. The van der Waals surface area contributed by atoms with Crippen LogP contribution in [0.4, 0.5) is 0 Å². The van der Waals surface area contributed by atoms with Crippen LogP contribution in [0.15, 0.2) is 24.4 Å². The monoisotopic (exact) mass is 148 g/mol. The molecule has 0 bridgehead atoms. The maximum absolute atomic E-state index is 6.06. The molecule has 1 aliphatic carbocycles. The second-order valence-electron chi connectivity index (χ2n) is 3.22. The second-order valence-corrected chi connectivity index (χ2v) is 3.22. The smallest absolute Gasteiger partial charge is 0.0602 e. The summed E-state index contributed by atoms with van der Waals surface area (Å²) in [6.07, 6.45) is 5.23. The molecule has 0 atom stereocenters. The van der Waals surface area contributed by atoms with Crippen LogP contribution >= 0.6 is 0 Å². The topological polar surface area (TPSA) is 38.9 Å². The Kier molecular flexibility index (Phi) is 1.43. The molecule has 2 rings (SSSR count). The van der Waals surface area contributed by atoms with E-state index in [2.05, 4.69) is 4.98 Å². The SMILES string of the molecule is NC1(c2ccccn2)CCC1. The second kappa shape index (κ2) is 2.31. The molecule has 2 nitrogen and oxygen atoms in total. The summed E-state index contributed by atoms with van der Waals surface area (Å²) in [5.74, 6) is 0. The zero-order chi connectivity index (χ0) is 7.73. The first-order chi connectivity index (χ1) is 5.31. The van der Waals surface area contributed by atoms with Gasteiger partial charge in [0.2, 0.25) is 0 Å². The first-order valence-electron chi connectivity index (χ1n) is 4.02. The van der Waals surface area contributed by atoms with Crippen molar-refractivity contribution >= 4 is 0 Å². The average molecular weight is 148 g/mol. The van der Waals surface area contributed by atoms with Crippen LogP contribution in [0.2, 0.25) is 0 Å². The number of nitrogens with zero attached hydrogens (tertiary/aromatic N) is 1. The van der Waals surface area contributed by atoms with Crippen molar-refractivity contribution in [2.45, 2.75) is 24.8 Å². The van der Waals surface area contributed by atoms with E-state index in [1.54, 1.807) is 0 Å². The lowest BCUT2D eigenvalue weighted by atomic mass is 9.75. The average Bonchev–Trinajstić information content (AvgIpc) is 2.02. The molecule has 1 aromatic heterocycles. The van der Waals surface area contributed by atoms with Crippen molar-refractivity contribution in [2.24, 2.45) is 5.73 Å². The molecule has 2 heteroatoms. The van der Waals surface area contributed by atoms with Crippen LogP contribution < -0.4 is 5.73 Å². The molecule has 1 saturated carbocycles. The molecule has 0 amide bonds. The molecular formula is C9H12N2. The fraction of sp³-hybridized carbons (Fsp3) is 0.444. The van der Waals surface area contributed by atoms with E-state index in [1.165, 1.54) is 6.42 Å². The fourth-order valence-corrected chi connectivity index (χ4v) is 1.47. The number of pyridine rings is 1. The third kappa shape index (κ3) is 1.03. The summed E-state index contributed by atoms with van der Waals surface area (Å²) in [4.78, 5) is 4.25. The molecule has 1 heterocycles. The van der Waals surface area contributed by atoms with Gasteiger partial charge in [0.15, 0.2) is 0 Å². The summed E-state index contributed by atoms with van der Waals surface area (Å²) in [5.41, 5.74) is 7.01. The predicted molar refractivity (Wildman–Crippen MR) is 44.0 cm³/mol. The molecule has 0 aliphatic heterocycles. The minimum absolute atomic E-state index is 0.0960. The van der Waals surface area contributed by atoms with Crippen LogP contribution in [0.25, 0.3) is 0 Å². The molecular weight excluding hydrogens is 136 g/mol. The Balaban J connectivity index is 2.29. The van der Waals surface area contributed by atoms with Crippen LogP contribution in [0.3, 0.4) is 0 Å². The summed E-state index contributed by atoms with van der Waals surface area (Å²) >= 11 is 0. The maximum atomic E-state index is 6.06. The van der Waals surface area contributed by atoms with Crippen molar-refractivity contribution in [3.05, 3.63) is 30.1 Å². The van der Waals surface area contributed by atoms with E-state index in [1.807, 2.05) is 24.4 Å². The molecule has 1 fully saturated rings. The molecule has 1 aromatic rings. The highest BCUT2D eigenvalue weighted by atomic mass is 14.9. The first kappa shape index (κ1) is 6.80. The number of rotatable bonds is 1. The van der Waals surface area contributed by atoms with Gasteiger partial charge in [0.25, 0.3) is 0 Å². The Morgan fingerprint density at radius 3 is 2.64 bits per heavy atom. The number of aromatic nitrogens is 1. The van der Waals surface area contributed by atoms with Crippen molar-refractivity contribution in [3.8, 4) is 0 Å². The first-order valence-corrected chi connectivity index (χ1v) is 4.02. The van der Waals surface area contributed by atoms with Crippen molar-refractivity contribution in [2.75, 3.05) is 0 Å². The van der Waals surface area contributed by atoms with Gasteiger partial charge in [-0.3, -0.25) is 4.98 Å². The lowest BCUT2D eigenvalue weighted by Gasteiger charge is -2.37.